The summed E-state index contributed by atoms with van der Waals surface area (Å²) in [5, 5.41) is 3.96. The van der Waals surface area contributed by atoms with Crippen LogP contribution < -0.4 is 5.32 Å². The van der Waals surface area contributed by atoms with Crippen LogP contribution in [0.4, 0.5) is 0 Å². The Labute approximate surface area is 125 Å². The van der Waals surface area contributed by atoms with Crippen molar-refractivity contribution in [2.45, 2.75) is 39.2 Å². The number of nitrogens with one attached hydrogen (secondary N) is 2. The lowest BCUT2D eigenvalue weighted by molar-refractivity contribution is 0.0901. The highest BCUT2D eigenvalue weighted by atomic mass is 16.5. The van der Waals surface area contributed by atoms with Crippen LogP contribution >= 0.6 is 0 Å². The van der Waals surface area contributed by atoms with E-state index in [2.05, 4.69) is 49.3 Å². The van der Waals surface area contributed by atoms with Gasteiger partial charge in [-0.25, -0.2) is 0 Å². The molecule has 1 unspecified atom stereocenters. The maximum absolute atomic E-state index is 12.2. The fourth-order valence-electron chi connectivity index (χ4n) is 2.31. The number of aromatic amines is 1. The third-order valence-electron chi connectivity index (χ3n) is 3.53. The van der Waals surface area contributed by atoms with Gasteiger partial charge in [0, 0.05) is 24.1 Å². The molecular weight excluding hydrogens is 264 g/mol. The molecule has 4 nitrogen and oxygen atoms in total. The summed E-state index contributed by atoms with van der Waals surface area (Å²) in [4.78, 5) is 15.4. The highest BCUT2D eigenvalue weighted by molar-refractivity contribution is 5.98. The summed E-state index contributed by atoms with van der Waals surface area (Å²) in [6, 6.07) is 8.16. The summed E-state index contributed by atoms with van der Waals surface area (Å²) < 4.78 is 5.03. The van der Waals surface area contributed by atoms with Crippen LogP contribution in [-0.2, 0) is 10.2 Å². The molecule has 0 aliphatic carbocycles. The minimum absolute atomic E-state index is 0.0148. The number of carbonyl (C=O) groups is 1. The van der Waals surface area contributed by atoms with Gasteiger partial charge in [-0.15, -0.1) is 0 Å². The summed E-state index contributed by atoms with van der Waals surface area (Å²) in [6.07, 6.45) is 0. The fourth-order valence-corrected chi connectivity index (χ4v) is 2.31. The normalized spacial score (nSPS) is 13.4. The maximum Gasteiger partial charge on any atom is 0.268 e. The molecule has 2 rings (SSSR count). The molecule has 0 radical (unpaired) electrons. The lowest BCUT2D eigenvalue weighted by Crippen LogP contribution is -2.35. The Morgan fingerprint density at radius 3 is 2.67 bits per heavy atom. The zero-order valence-corrected chi connectivity index (χ0v) is 13.4. The van der Waals surface area contributed by atoms with Gasteiger partial charge in [-0.1, -0.05) is 32.9 Å². The molecule has 0 fully saturated rings. The van der Waals surface area contributed by atoms with Crippen molar-refractivity contribution in [2.75, 3.05) is 13.7 Å². The quantitative estimate of drug-likeness (QED) is 0.907. The average molecular weight is 288 g/mol. The smallest absolute Gasteiger partial charge is 0.268 e. The minimum Gasteiger partial charge on any atom is -0.383 e. The summed E-state index contributed by atoms with van der Waals surface area (Å²) in [7, 11) is 1.62. The van der Waals surface area contributed by atoms with Crippen LogP contribution in [0.15, 0.2) is 24.3 Å². The van der Waals surface area contributed by atoms with Gasteiger partial charge in [0.15, 0.2) is 0 Å². The van der Waals surface area contributed by atoms with E-state index in [9.17, 15) is 4.79 Å². The number of benzene rings is 1. The topological polar surface area (TPSA) is 54.1 Å². The molecule has 4 heteroatoms. The zero-order valence-electron chi connectivity index (χ0n) is 13.4. The number of fused-ring (bicyclic) bond motifs is 1. The SMILES string of the molecule is COCC(C)NC(=O)c1cc2ccc(C(C)(C)C)cc2[nH]1. The van der Waals surface area contributed by atoms with Crippen molar-refractivity contribution in [3.05, 3.63) is 35.5 Å². The van der Waals surface area contributed by atoms with E-state index < -0.39 is 0 Å². The number of amides is 1. The lowest BCUT2D eigenvalue weighted by atomic mass is 9.87. The van der Waals surface area contributed by atoms with Crippen LogP contribution in [0.5, 0.6) is 0 Å². The van der Waals surface area contributed by atoms with E-state index >= 15 is 0 Å². The first-order chi connectivity index (χ1) is 9.81. The van der Waals surface area contributed by atoms with Crippen LogP contribution in [0.25, 0.3) is 10.9 Å². The number of rotatable bonds is 4. The zero-order chi connectivity index (χ0) is 15.6. The monoisotopic (exact) mass is 288 g/mol. The van der Waals surface area contributed by atoms with Gasteiger partial charge in [0.2, 0.25) is 0 Å². The molecule has 0 saturated heterocycles. The van der Waals surface area contributed by atoms with Crippen molar-refractivity contribution in [3.63, 3.8) is 0 Å². The first-order valence-electron chi connectivity index (χ1n) is 7.24. The Bertz CT molecular complexity index is 638. The van der Waals surface area contributed by atoms with Crippen LogP contribution in [0, 0.1) is 0 Å². The van der Waals surface area contributed by atoms with Gasteiger partial charge in [0.05, 0.1) is 6.61 Å². The molecule has 0 saturated carbocycles. The molecule has 1 amide bonds. The largest absolute Gasteiger partial charge is 0.383 e. The predicted molar refractivity (Wildman–Crippen MR) is 85.8 cm³/mol. The van der Waals surface area contributed by atoms with E-state index in [1.807, 2.05) is 13.0 Å². The van der Waals surface area contributed by atoms with Crippen molar-refractivity contribution in [1.82, 2.24) is 10.3 Å². The second-order valence-electron chi connectivity index (χ2n) is 6.56. The molecule has 0 spiro atoms. The van der Waals surface area contributed by atoms with Crippen LogP contribution in [0.3, 0.4) is 0 Å². The van der Waals surface area contributed by atoms with Crippen LogP contribution in [0.2, 0.25) is 0 Å². The number of carbonyl (C=O) groups excluding carboxylic acids is 1. The molecule has 0 bridgehead atoms. The minimum atomic E-state index is -0.104. The van der Waals surface area contributed by atoms with E-state index in [1.54, 1.807) is 7.11 Å². The van der Waals surface area contributed by atoms with Crippen LogP contribution in [0.1, 0.15) is 43.7 Å². The molecule has 0 aliphatic rings. The Kier molecular flexibility index (Phi) is 4.37. The van der Waals surface area contributed by atoms with Crippen molar-refractivity contribution in [3.8, 4) is 0 Å². The molecular formula is C17H24N2O2. The van der Waals surface area contributed by atoms with Crippen molar-refractivity contribution < 1.29 is 9.53 Å². The molecule has 2 N–H and O–H groups in total. The molecule has 1 heterocycles. The standard InChI is InChI=1S/C17H24N2O2/c1-11(10-21-5)18-16(20)15-8-12-6-7-13(17(2,3)4)9-14(12)19-15/h6-9,11,19H,10H2,1-5H3,(H,18,20). The maximum atomic E-state index is 12.2. The number of hydrogen-bond acceptors (Lipinski definition) is 2. The predicted octanol–water partition coefficient (Wildman–Crippen LogP) is 3.23. The van der Waals surface area contributed by atoms with Gasteiger partial charge < -0.3 is 15.0 Å². The third kappa shape index (κ3) is 3.64. The first kappa shape index (κ1) is 15.6. The second-order valence-corrected chi connectivity index (χ2v) is 6.56. The van der Waals surface area contributed by atoms with E-state index in [0.717, 1.165) is 10.9 Å². The van der Waals surface area contributed by atoms with Crippen molar-refractivity contribution >= 4 is 16.8 Å². The van der Waals surface area contributed by atoms with Crippen molar-refractivity contribution in [2.24, 2.45) is 0 Å². The summed E-state index contributed by atoms with van der Waals surface area (Å²) in [6.45, 7) is 8.95. The highest BCUT2D eigenvalue weighted by Crippen LogP contribution is 2.26. The summed E-state index contributed by atoms with van der Waals surface area (Å²) in [5.41, 5.74) is 2.91. The van der Waals surface area contributed by atoms with Crippen molar-refractivity contribution in [1.29, 1.82) is 0 Å². The van der Waals surface area contributed by atoms with Gasteiger partial charge >= 0.3 is 0 Å². The second kappa shape index (κ2) is 5.90. The highest BCUT2D eigenvalue weighted by Gasteiger charge is 2.16. The first-order valence-corrected chi connectivity index (χ1v) is 7.24. The molecule has 1 atom stereocenters. The van der Waals surface area contributed by atoms with Gasteiger partial charge in [-0.3, -0.25) is 4.79 Å². The number of H-pyrrole nitrogens is 1. The van der Waals surface area contributed by atoms with Crippen LogP contribution in [-0.4, -0.2) is 30.6 Å². The lowest BCUT2D eigenvalue weighted by Gasteiger charge is -2.18. The van der Waals surface area contributed by atoms with Gasteiger partial charge in [-0.05, 0) is 30.0 Å². The van der Waals surface area contributed by atoms with E-state index in [1.165, 1.54) is 5.56 Å². The van der Waals surface area contributed by atoms with Gasteiger partial charge in [0.25, 0.3) is 5.91 Å². The number of methoxy groups -OCH3 is 1. The van der Waals surface area contributed by atoms with Gasteiger partial charge in [-0.2, -0.15) is 0 Å². The number of hydrogen-bond donors (Lipinski definition) is 2. The Morgan fingerprint density at radius 2 is 2.05 bits per heavy atom. The third-order valence-corrected chi connectivity index (χ3v) is 3.53. The molecule has 114 valence electrons. The average Bonchev–Trinajstić information content (AvgIpc) is 2.80. The molecule has 2 aromatic rings. The number of aromatic nitrogens is 1. The Balaban J connectivity index is 2.24. The Hall–Kier alpha value is -1.81. The van der Waals surface area contributed by atoms with E-state index in [-0.39, 0.29) is 17.4 Å². The molecule has 1 aromatic carbocycles. The number of ether oxygens (including phenoxy) is 1. The summed E-state index contributed by atoms with van der Waals surface area (Å²) >= 11 is 0. The molecule has 1 aromatic heterocycles. The molecule has 21 heavy (non-hydrogen) atoms. The van der Waals surface area contributed by atoms with Gasteiger partial charge in [0.1, 0.15) is 5.69 Å². The summed E-state index contributed by atoms with van der Waals surface area (Å²) in [5.74, 6) is -0.104. The van der Waals surface area contributed by atoms with E-state index in [4.69, 9.17) is 4.74 Å². The fraction of sp³-hybridized carbons (Fsp3) is 0.471. The Morgan fingerprint density at radius 1 is 1.33 bits per heavy atom. The van der Waals surface area contributed by atoms with E-state index in [0.29, 0.717) is 12.3 Å². The molecule has 0 aliphatic heterocycles.